The number of benzene rings is 1. The average Bonchev–Trinajstić information content (AvgIpc) is 3.87. The number of hydrogen-bond acceptors (Lipinski definition) is 7. The first-order valence-electron chi connectivity index (χ1n) is 16.1. The van der Waals surface area contributed by atoms with Gasteiger partial charge in [0.25, 0.3) is 0 Å². The van der Waals surface area contributed by atoms with E-state index < -0.39 is 5.97 Å². The third-order valence-corrected chi connectivity index (χ3v) is 13.0. The largest absolute Gasteiger partial charge is 0.465 e. The lowest BCUT2D eigenvalue weighted by Crippen LogP contribution is -2.08. The zero-order valence-corrected chi connectivity index (χ0v) is 30.0. The number of esters is 1. The van der Waals surface area contributed by atoms with E-state index in [1.165, 1.54) is 105 Å². The molecule has 0 aliphatic rings. The Labute approximate surface area is 283 Å². The number of carbonyl (C=O) groups is 2. The number of methoxy groups -OCH3 is 1. The highest BCUT2D eigenvalue weighted by Crippen LogP contribution is 2.49. The molecule has 0 saturated carbocycles. The summed E-state index contributed by atoms with van der Waals surface area (Å²) in [6, 6.07) is 21.4. The summed E-state index contributed by atoms with van der Waals surface area (Å²) in [7, 11) is 1.34. The molecule has 7 heteroatoms. The Morgan fingerprint density at radius 3 is 1.87 bits per heavy atom. The van der Waals surface area contributed by atoms with Gasteiger partial charge in [0, 0.05) is 45.3 Å². The monoisotopic (exact) mass is 674 g/mol. The molecule has 0 aliphatic heterocycles. The summed E-state index contributed by atoms with van der Waals surface area (Å²) in [5.41, 5.74) is 2.95. The Hall–Kier alpha value is -2.84. The van der Waals surface area contributed by atoms with Crippen molar-refractivity contribution in [2.24, 2.45) is 0 Å². The summed E-state index contributed by atoms with van der Waals surface area (Å²) in [5.74, 6) is -0.643. The summed E-state index contributed by atoms with van der Waals surface area (Å²) >= 11 is 7.49. The van der Waals surface area contributed by atoms with Crippen LogP contribution in [-0.2, 0) is 17.6 Å². The lowest BCUT2D eigenvalue weighted by Gasteiger charge is -2.07. The molecule has 0 unspecified atom stereocenters. The van der Waals surface area contributed by atoms with Gasteiger partial charge in [-0.3, -0.25) is 4.79 Å². The van der Waals surface area contributed by atoms with Gasteiger partial charge in [-0.2, -0.15) is 0 Å². The summed E-state index contributed by atoms with van der Waals surface area (Å²) in [6.45, 7) is 6.02. The fourth-order valence-corrected chi connectivity index (χ4v) is 10.1. The highest BCUT2D eigenvalue weighted by molar-refractivity contribution is 7.28. The lowest BCUT2D eigenvalue weighted by atomic mass is 10.0. The molecule has 0 fully saturated rings. The first-order chi connectivity index (χ1) is 21.9. The molecule has 0 N–H and O–H groups in total. The van der Waals surface area contributed by atoms with Crippen LogP contribution in [0.2, 0.25) is 0 Å². The Morgan fingerprint density at radius 2 is 1.22 bits per heavy atom. The molecule has 0 atom stereocenters. The van der Waals surface area contributed by atoms with Crippen LogP contribution in [-0.4, -0.2) is 18.9 Å². The van der Waals surface area contributed by atoms with Gasteiger partial charge in [0.05, 0.1) is 17.6 Å². The smallest absolute Gasteiger partial charge is 0.338 e. The molecule has 236 valence electrons. The minimum atomic E-state index is -0.493. The Morgan fingerprint density at radius 1 is 0.600 bits per heavy atom. The van der Waals surface area contributed by atoms with Gasteiger partial charge in [-0.1, -0.05) is 58.4 Å². The van der Waals surface area contributed by atoms with Crippen LogP contribution in [0.15, 0.2) is 60.7 Å². The molecule has 3 nitrogen and oxygen atoms in total. The zero-order valence-electron chi connectivity index (χ0n) is 26.7. The van der Waals surface area contributed by atoms with Gasteiger partial charge in [-0.15, -0.1) is 45.3 Å². The number of aryl methyl sites for hydroxylation is 2. The highest BCUT2D eigenvalue weighted by atomic mass is 32.1. The van der Waals surface area contributed by atoms with Crippen molar-refractivity contribution < 1.29 is 14.3 Å². The molecule has 4 heterocycles. The Kier molecular flexibility index (Phi) is 12.0. The van der Waals surface area contributed by atoms with Crippen LogP contribution in [0.1, 0.15) is 103 Å². The van der Waals surface area contributed by atoms with Crippen molar-refractivity contribution in [1.29, 1.82) is 0 Å². The number of hydrogen-bond donors (Lipinski definition) is 0. The van der Waals surface area contributed by atoms with Gasteiger partial charge in [-0.25, -0.2) is 4.79 Å². The van der Waals surface area contributed by atoms with Gasteiger partial charge in [-0.05, 0) is 92.8 Å². The van der Waals surface area contributed by atoms with E-state index in [1.807, 2.05) is 46.1 Å². The molecule has 0 amide bonds. The molecule has 1 aromatic carbocycles. The van der Waals surface area contributed by atoms with E-state index in [9.17, 15) is 9.59 Å². The number of thiophene rings is 4. The number of rotatable bonds is 16. The summed E-state index contributed by atoms with van der Waals surface area (Å²) in [5, 5.41) is 0. The second-order valence-electron chi connectivity index (χ2n) is 11.5. The normalized spacial score (nSPS) is 11.3. The van der Waals surface area contributed by atoms with E-state index in [1.54, 1.807) is 17.4 Å². The number of carbonyl (C=O) groups excluding carboxylic acids is 2. The third kappa shape index (κ3) is 8.31. The first kappa shape index (κ1) is 33.5. The van der Waals surface area contributed by atoms with E-state index >= 15 is 0 Å². The Balaban J connectivity index is 1.46. The summed E-state index contributed by atoms with van der Waals surface area (Å²) in [4.78, 5) is 35.1. The molecule has 0 spiro atoms. The highest BCUT2D eigenvalue weighted by Gasteiger charge is 2.20. The molecule has 0 radical (unpaired) electrons. The number of ketones is 1. The maximum absolute atomic E-state index is 12.4. The fourth-order valence-electron chi connectivity index (χ4n) is 5.52. The average molecular weight is 675 g/mol. The molecule has 0 bridgehead atoms. The minimum Gasteiger partial charge on any atom is -0.465 e. The summed E-state index contributed by atoms with van der Waals surface area (Å²) in [6.07, 6.45) is 12.6. The van der Waals surface area contributed by atoms with E-state index in [2.05, 4.69) is 56.3 Å². The minimum absolute atomic E-state index is 0.150. The molecule has 5 rings (SSSR count). The predicted molar refractivity (Wildman–Crippen MR) is 197 cm³/mol. The number of ether oxygens (including phenoxy) is 1. The van der Waals surface area contributed by atoms with E-state index in [-0.39, 0.29) is 5.78 Å². The molecule has 4 aromatic heterocycles. The quantitative estimate of drug-likeness (QED) is 0.0594. The van der Waals surface area contributed by atoms with Crippen molar-refractivity contribution in [2.45, 2.75) is 85.0 Å². The second-order valence-corrected chi connectivity index (χ2v) is 16.0. The van der Waals surface area contributed by atoms with Crippen molar-refractivity contribution in [3.05, 3.63) is 81.5 Å². The Bertz CT molecular complexity index is 1660. The summed E-state index contributed by atoms with van der Waals surface area (Å²) < 4.78 is 4.90. The predicted octanol–water partition coefficient (Wildman–Crippen LogP) is 12.8. The van der Waals surface area contributed by atoms with Crippen molar-refractivity contribution in [1.82, 2.24) is 0 Å². The van der Waals surface area contributed by atoms with E-state index in [4.69, 9.17) is 4.74 Å². The standard InChI is InChI=1S/C38H42O3S4/c1-5-7-9-11-13-27-16-19-33(42-27)31-24-36(45-37(31)35-20-17-28(43-35)14-12-10-8-6-2)34-22-21-32(44-34)26-15-18-29(38(40)41-4)30(23-26)25(3)39/h15-24H,5-14H2,1-4H3. The van der Waals surface area contributed by atoms with Crippen molar-refractivity contribution in [3.63, 3.8) is 0 Å². The number of Topliss-reactive ketones (excluding diaryl/α,β-unsaturated/α-hetero) is 1. The number of unbranched alkanes of at least 4 members (excludes halogenated alkanes) is 6. The van der Waals surface area contributed by atoms with Gasteiger partial charge in [0.1, 0.15) is 0 Å². The molecule has 45 heavy (non-hydrogen) atoms. The van der Waals surface area contributed by atoms with Crippen LogP contribution in [0, 0.1) is 0 Å². The van der Waals surface area contributed by atoms with Crippen LogP contribution < -0.4 is 0 Å². The molecule has 0 saturated heterocycles. The molecular formula is C38H42O3S4. The molecule has 5 aromatic rings. The first-order valence-corrected chi connectivity index (χ1v) is 19.3. The van der Waals surface area contributed by atoms with Gasteiger partial charge in [0.2, 0.25) is 0 Å². The van der Waals surface area contributed by atoms with Crippen LogP contribution >= 0.6 is 45.3 Å². The third-order valence-electron chi connectivity index (χ3n) is 8.04. The molecule has 0 aliphatic carbocycles. The van der Waals surface area contributed by atoms with Crippen LogP contribution in [0.3, 0.4) is 0 Å². The van der Waals surface area contributed by atoms with Crippen LogP contribution in [0.4, 0.5) is 0 Å². The topological polar surface area (TPSA) is 43.4 Å². The van der Waals surface area contributed by atoms with E-state index in [0.717, 1.165) is 23.3 Å². The van der Waals surface area contributed by atoms with Crippen molar-refractivity contribution >= 4 is 57.1 Å². The van der Waals surface area contributed by atoms with Gasteiger partial charge >= 0.3 is 5.97 Å². The van der Waals surface area contributed by atoms with Crippen LogP contribution in [0.5, 0.6) is 0 Å². The second kappa shape index (κ2) is 16.1. The maximum Gasteiger partial charge on any atom is 0.338 e. The van der Waals surface area contributed by atoms with Gasteiger partial charge in [0.15, 0.2) is 5.78 Å². The SMILES string of the molecule is CCCCCCc1ccc(-c2cc(-c3ccc(-c4ccc(C(=O)OC)c(C(C)=O)c4)s3)sc2-c2ccc(CCCCCC)s2)s1. The van der Waals surface area contributed by atoms with Gasteiger partial charge < -0.3 is 4.74 Å². The van der Waals surface area contributed by atoms with Crippen molar-refractivity contribution in [2.75, 3.05) is 7.11 Å². The maximum atomic E-state index is 12.4. The van der Waals surface area contributed by atoms with E-state index in [0.29, 0.717) is 11.1 Å². The van der Waals surface area contributed by atoms with Crippen LogP contribution in [0.25, 0.3) is 40.4 Å². The molecular weight excluding hydrogens is 633 g/mol. The fraction of sp³-hybridized carbons (Fsp3) is 0.368. The zero-order chi connectivity index (χ0) is 31.8. The lowest BCUT2D eigenvalue weighted by molar-refractivity contribution is 0.0597. The van der Waals surface area contributed by atoms with Crippen molar-refractivity contribution in [3.8, 4) is 40.4 Å².